The zero-order chi connectivity index (χ0) is 14.1. The summed E-state index contributed by atoms with van der Waals surface area (Å²) in [6.45, 7) is 2.65. The van der Waals surface area contributed by atoms with Gasteiger partial charge in [0, 0.05) is 6.04 Å². The molecule has 0 aromatic heterocycles. The fourth-order valence-electron chi connectivity index (χ4n) is 2.01. The van der Waals surface area contributed by atoms with E-state index in [1.54, 1.807) is 0 Å². The predicted octanol–water partition coefficient (Wildman–Crippen LogP) is 1.19. The van der Waals surface area contributed by atoms with Gasteiger partial charge in [-0.3, -0.25) is 4.79 Å². The first-order valence-corrected chi connectivity index (χ1v) is 6.93. The van der Waals surface area contributed by atoms with Gasteiger partial charge in [0.1, 0.15) is 0 Å². The van der Waals surface area contributed by atoms with Crippen molar-refractivity contribution in [3.8, 4) is 0 Å². The van der Waals surface area contributed by atoms with Gasteiger partial charge in [0.25, 0.3) is 0 Å². The summed E-state index contributed by atoms with van der Waals surface area (Å²) >= 11 is 0. The molecule has 106 valence electrons. The van der Waals surface area contributed by atoms with E-state index in [4.69, 9.17) is 11.5 Å². The average molecular weight is 263 g/mol. The van der Waals surface area contributed by atoms with Crippen LogP contribution in [-0.2, 0) is 11.2 Å². The molecule has 0 saturated heterocycles. The van der Waals surface area contributed by atoms with E-state index in [0.717, 1.165) is 19.3 Å². The molecule has 0 spiro atoms. The first-order chi connectivity index (χ1) is 9.13. The molecule has 0 radical (unpaired) electrons. The third-order valence-electron chi connectivity index (χ3n) is 3.08. The Morgan fingerprint density at radius 2 is 1.95 bits per heavy atom. The number of amides is 1. The van der Waals surface area contributed by atoms with Crippen molar-refractivity contribution in [1.29, 1.82) is 0 Å². The van der Waals surface area contributed by atoms with E-state index in [1.807, 2.05) is 25.1 Å². The maximum atomic E-state index is 11.9. The number of nitrogens with one attached hydrogen (secondary N) is 1. The Bertz CT molecular complexity index is 367. The van der Waals surface area contributed by atoms with E-state index in [-0.39, 0.29) is 11.9 Å². The van der Waals surface area contributed by atoms with E-state index in [1.165, 1.54) is 5.56 Å². The second kappa shape index (κ2) is 8.67. The maximum Gasteiger partial charge on any atom is 0.237 e. The van der Waals surface area contributed by atoms with Crippen molar-refractivity contribution in [2.24, 2.45) is 11.5 Å². The molecule has 1 aromatic rings. The number of hydrogen-bond acceptors (Lipinski definition) is 3. The number of rotatable bonds is 8. The van der Waals surface area contributed by atoms with E-state index >= 15 is 0 Å². The van der Waals surface area contributed by atoms with Gasteiger partial charge in [-0.15, -0.1) is 0 Å². The van der Waals surface area contributed by atoms with Crippen LogP contribution in [-0.4, -0.2) is 24.5 Å². The number of carbonyl (C=O) groups excluding carboxylic acids is 1. The lowest BCUT2D eigenvalue weighted by Crippen LogP contribution is -2.45. The Morgan fingerprint density at radius 3 is 2.58 bits per heavy atom. The highest BCUT2D eigenvalue weighted by molar-refractivity contribution is 5.81. The predicted molar refractivity (Wildman–Crippen MR) is 78.6 cm³/mol. The Balaban J connectivity index is 2.31. The van der Waals surface area contributed by atoms with Crippen LogP contribution >= 0.6 is 0 Å². The summed E-state index contributed by atoms with van der Waals surface area (Å²) in [6, 6.07) is 9.78. The molecule has 1 aromatic carbocycles. The Hall–Kier alpha value is -1.39. The second-order valence-electron chi connectivity index (χ2n) is 4.99. The minimum absolute atomic E-state index is 0.0690. The van der Waals surface area contributed by atoms with Crippen molar-refractivity contribution >= 4 is 5.91 Å². The van der Waals surface area contributed by atoms with E-state index < -0.39 is 6.04 Å². The first kappa shape index (κ1) is 15.7. The lowest BCUT2D eigenvalue weighted by molar-refractivity contribution is -0.123. The smallest absolute Gasteiger partial charge is 0.237 e. The normalized spacial score (nSPS) is 13.8. The number of hydrogen-bond donors (Lipinski definition) is 3. The zero-order valence-corrected chi connectivity index (χ0v) is 11.6. The Labute approximate surface area is 115 Å². The number of nitrogens with two attached hydrogens (primary N) is 2. The van der Waals surface area contributed by atoms with E-state index in [0.29, 0.717) is 13.0 Å². The minimum atomic E-state index is -0.426. The van der Waals surface area contributed by atoms with Crippen LogP contribution in [0.3, 0.4) is 0 Å². The van der Waals surface area contributed by atoms with Crippen molar-refractivity contribution in [3.63, 3.8) is 0 Å². The van der Waals surface area contributed by atoms with Crippen LogP contribution in [0.15, 0.2) is 30.3 Å². The maximum absolute atomic E-state index is 11.9. The molecule has 2 atom stereocenters. The lowest BCUT2D eigenvalue weighted by Gasteiger charge is -2.17. The molecule has 0 unspecified atom stereocenters. The van der Waals surface area contributed by atoms with Gasteiger partial charge in [-0.05, 0) is 38.3 Å². The van der Waals surface area contributed by atoms with Gasteiger partial charge in [0.2, 0.25) is 5.91 Å². The van der Waals surface area contributed by atoms with Gasteiger partial charge in [0.05, 0.1) is 6.04 Å². The molecule has 0 saturated carbocycles. The number of benzene rings is 1. The van der Waals surface area contributed by atoms with Gasteiger partial charge in [-0.1, -0.05) is 36.8 Å². The van der Waals surface area contributed by atoms with Crippen LogP contribution in [0.2, 0.25) is 0 Å². The second-order valence-corrected chi connectivity index (χ2v) is 4.99. The molecule has 4 heteroatoms. The van der Waals surface area contributed by atoms with E-state index in [2.05, 4.69) is 17.4 Å². The fourth-order valence-corrected chi connectivity index (χ4v) is 2.01. The third kappa shape index (κ3) is 6.36. The minimum Gasteiger partial charge on any atom is -0.352 e. The SMILES string of the molecule is C[C@H](Cc1ccccc1)NC(=O)[C@H](N)CCCCN. The van der Waals surface area contributed by atoms with Crippen LogP contribution in [0.4, 0.5) is 0 Å². The lowest BCUT2D eigenvalue weighted by atomic mass is 10.1. The topological polar surface area (TPSA) is 81.1 Å². The molecular weight excluding hydrogens is 238 g/mol. The number of unbranched alkanes of at least 4 members (excludes halogenated alkanes) is 1. The zero-order valence-electron chi connectivity index (χ0n) is 11.6. The van der Waals surface area contributed by atoms with Gasteiger partial charge in [-0.25, -0.2) is 0 Å². The van der Waals surface area contributed by atoms with Crippen LogP contribution < -0.4 is 16.8 Å². The van der Waals surface area contributed by atoms with Crippen molar-refractivity contribution in [3.05, 3.63) is 35.9 Å². The van der Waals surface area contributed by atoms with Crippen LogP contribution in [0.25, 0.3) is 0 Å². The molecule has 0 aliphatic heterocycles. The summed E-state index contributed by atoms with van der Waals surface area (Å²) in [5.74, 6) is -0.0690. The molecule has 0 aliphatic rings. The monoisotopic (exact) mass is 263 g/mol. The molecule has 1 rings (SSSR count). The summed E-state index contributed by atoms with van der Waals surface area (Å²) < 4.78 is 0. The quantitative estimate of drug-likeness (QED) is 0.616. The van der Waals surface area contributed by atoms with Crippen LogP contribution in [0.1, 0.15) is 31.7 Å². The highest BCUT2D eigenvalue weighted by Gasteiger charge is 2.15. The van der Waals surface area contributed by atoms with E-state index in [9.17, 15) is 4.79 Å². The summed E-state index contributed by atoms with van der Waals surface area (Å²) in [4.78, 5) is 11.9. The summed E-state index contributed by atoms with van der Waals surface area (Å²) in [7, 11) is 0. The molecular formula is C15H25N3O. The molecule has 19 heavy (non-hydrogen) atoms. The third-order valence-corrected chi connectivity index (χ3v) is 3.08. The highest BCUT2D eigenvalue weighted by Crippen LogP contribution is 2.04. The van der Waals surface area contributed by atoms with Crippen molar-refractivity contribution in [2.45, 2.75) is 44.7 Å². The van der Waals surface area contributed by atoms with Crippen molar-refractivity contribution in [2.75, 3.05) is 6.54 Å². The number of carbonyl (C=O) groups is 1. The van der Waals surface area contributed by atoms with Crippen molar-refractivity contribution < 1.29 is 4.79 Å². The standard InChI is InChI=1S/C15H25N3O/c1-12(11-13-7-3-2-4-8-13)18-15(19)14(17)9-5-6-10-16/h2-4,7-8,12,14H,5-6,9-11,16-17H2,1H3,(H,18,19)/t12-,14-/m1/s1. The largest absolute Gasteiger partial charge is 0.352 e. The van der Waals surface area contributed by atoms with Crippen LogP contribution in [0, 0.1) is 0 Å². The van der Waals surface area contributed by atoms with Gasteiger partial charge in [-0.2, -0.15) is 0 Å². The molecule has 5 N–H and O–H groups in total. The average Bonchev–Trinajstić information content (AvgIpc) is 2.39. The first-order valence-electron chi connectivity index (χ1n) is 6.93. The van der Waals surface area contributed by atoms with Crippen molar-refractivity contribution in [1.82, 2.24) is 5.32 Å². The van der Waals surface area contributed by atoms with Gasteiger partial charge < -0.3 is 16.8 Å². The molecule has 1 amide bonds. The van der Waals surface area contributed by atoms with Gasteiger partial charge >= 0.3 is 0 Å². The Morgan fingerprint density at radius 1 is 1.26 bits per heavy atom. The molecule has 0 aliphatic carbocycles. The van der Waals surface area contributed by atoms with Crippen LogP contribution in [0.5, 0.6) is 0 Å². The molecule has 0 heterocycles. The summed E-state index contributed by atoms with van der Waals surface area (Å²) in [6.07, 6.45) is 3.34. The summed E-state index contributed by atoms with van der Waals surface area (Å²) in [5.41, 5.74) is 12.5. The van der Waals surface area contributed by atoms with Gasteiger partial charge in [0.15, 0.2) is 0 Å². The molecule has 4 nitrogen and oxygen atoms in total. The summed E-state index contributed by atoms with van der Waals surface area (Å²) in [5, 5.41) is 2.96. The highest BCUT2D eigenvalue weighted by atomic mass is 16.2. The molecule has 0 bridgehead atoms. The Kier molecular flexibility index (Phi) is 7.15. The fraction of sp³-hybridized carbons (Fsp3) is 0.533. The molecule has 0 fully saturated rings.